The van der Waals surface area contributed by atoms with Crippen LogP contribution in [0, 0.1) is 0 Å². The van der Waals surface area contributed by atoms with Crippen molar-refractivity contribution in [2.75, 3.05) is 6.61 Å². The lowest BCUT2D eigenvalue weighted by Crippen LogP contribution is -2.41. The van der Waals surface area contributed by atoms with Gasteiger partial charge in [0, 0.05) is 11.6 Å². The SMILES string of the molecule is CCOc1ccc2ccccc2c1/C=C1\NC(=S)N(C2CCCCC2)C1=O. The number of carbonyl (C=O) groups is 1. The number of nitrogens with zero attached hydrogens (tertiary/aromatic N) is 1. The third kappa shape index (κ3) is 3.44. The first-order valence-corrected chi connectivity index (χ1v) is 10.1. The molecule has 140 valence electrons. The van der Waals surface area contributed by atoms with Gasteiger partial charge in [0.15, 0.2) is 5.11 Å². The number of ether oxygens (including phenoxy) is 1. The molecule has 1 saturated carbocycles. The number of fused-ring (bicyclic) bond motifs is 1. The monoisotopic (exact) mass is 380 g/mol. The van der Waals surface area contributed by atoms with Crippen molar-refractivity contribution in [1.82, 2.24) is 10.2 Å². The molecule has 1 aliphatic heterocycles. The highest BCUT2D eigenvalue weighted by Gasteiger charge is 2.36. The number of nitrogens with one attached hydrogen (secondary N) is 1. The molecule has 27 heavy (non-hydrogen) atoms. The van der Waals surface area contributed by atoms with Crippen molar-refractivity contribution in [3.8, 4) is 5.75 Å². The zero-order chi connectivity index (χ0) is 18.8. The molecule has 1 saturated heterocycles. The molecule has 0 aromatic heterocycles. The van der Waals surface area contributed by atoms with Gasteiger partial charge in [-0.25, -0.2) is 0 Å². The molecule has 2 aliphatic rings. The topological polar surface area (TPSA) is 41.6 Å². The largest absolute Gasteiger partial charge is 0.493 e. The van der Waals surface area contributed by atoms with Crippen LogP contribution in [0.3, 0.4) is 0 Å². The maximum atomic E-state index is 13.1. The van der Waals surface area contributed by atoms with E-state index in [2.05, 4.69) is 17.4 Å². The summed E-state index contributed by atoms with van der Waals surface area (Å²) in [6.07, 6.45) is 7.51. The van der Waals surface area contributed by atoms with Gasteiger partial charge in [-0.2, -0.15) is 0 Å². The highest BCUT2D eigenvalue weighted by Crippen LogP contribution is 2.32. The quantitative estimate of drug-likeness (QED) is 0.620. The van der Waals surface area contributed by atoms with Crippen molar-refractivity contribution in [3.63, 3.8) is 0 Å². The Morgan fingerprint density at radius 1 is 1.19 bits per heavy atom. The van der Waals surface area contributed by atoms with E-state index in [0.29, 0.717) is 17.4 Å². The van der Waals surface area contributed by atoms with Gasteiger partial charge in [-0.1, -0.05) is 49.6 Å². The molecule has 1 N–H and O–H groups in total. The van der Waals surface area contributed by atoms with Gasteiger partial charge < -0.3 is 10.1 Å². The molecule has 2 aromatic carbocycles. The molecule has 1 amide bonds. The first-order valence-electron chi connectivity index (χ1n) is 9.70. The van der Waals surface area contributed by atoms with Crippen LogP contribution < -0.4 is 10.1 Å². The highest BCUT2D eigenvalue weighted by molar-refractivity contribution is 7.80. The van der Waals surface area contributed by atoms with Gasteiger partial charge in [-0.15, -0.1) is 0 Å². The van der Waals surface area contributed by atoms with Crippen LogP contribution in [0.25, 0.3) is 16.8 Å². The number of hydrogen-bond donors (Lipinski definition) is 1. The fourth-order valence-electron chi connectivity index (χ4n) is 4.07. The molecular weight excluding hydrogens is 356 g/mol. The first-order chi connectivity index (χ1) is 13.2. The highest BCUT2D eigenvalue weighted by atomic mass is 32.1. The van der Waals surface area contributed by atoms with Gasteiger partial charge in [-0.3, -0.25) is 9.69 Å². The molecule has 0 atom stereocenters. The molecule has 0 radical (unpaired) electrons. The zero-order valence-corrected chi connectivity index (χ0v) is 16.3. The second kappa shape index (κ2) is 7.69. The first kappa shape index (κ1) is 18.0. The van der Waals surface area contributed by atoms with Crippen LogP contribution in [0.15, 0.2) is 42.1 Å². The van der Waals surface area contributed by atoms with Gasteiger partial charge in [0.25, 0.3) is 5.91 Å². The minimum Gasteiger partial charge on any atom is -0.493 e. The Morgan fingerprint density at radius 2 is 1.96 bits per heavy atom. The summed E-state index contributed by atoms with van der Waals surface area (Å²) in [6.45, 7) is 2.54. The molecule has 0 spiro atoms. The van der Waals surface area contributed by atoms with E-state index in [9.17, 15) is 4.79 Å². The summed E-state index contributed by atoms with van der Waals surface area (Å²) in [6, 6.07) is 12.4. The van der Waals surface area contributed by atoms with E-state index in [4.69, 9.17) is 17.0 Å². The summed E-state index contributed by atoms with van der Waals surface area (Å²) >= 11 is 5.49. The summed E-state index contributed by atoms with van der Waals surface area (Å²) < 4.78 is 5.83. The summed E-state index contributed by atoms with van der Waals surface area (Å²) in [7, 11) is 0. The normalized spacial score (nSPS) is 19.7. The standard InChI is InChI=1S/C22H24N2O2S/c1-2-26-20-13-12-15-8-6-7-11-17(15)18(20)14-19-21(25)24(22(27)23-19)16-9-4-3-5-10-16/h6-8,11-14,16H,2-5,9-10H2,1H3,(H,23,27)/b19-14-. The van der Waals surface area contributed by atoms with Crippen LogP contribution in [-0.4, -0.2) is 28.6 Å². The third-order valence-electron chi connectivity index (χ3n) is 5.37. The molecule has 1 aliphatic carbocycles. The van der Waals surface area contributed by atoms with Gasteiger partial charge in [0.1, 0.15) is 11.4 Å². The van der Waals surface area contributed by atoms with E-state index in [1.165, 1.54) is 6.42 Å². The molecule has 0 unspecified atom stereocenters. The molecule has 1 heterocycles. The maximum absolute atomic E-state index is 13.1. The van der Waals surface area contributed by atoms with Crippen LogP contribution in [0.2, 0.25) is 0 Å². The summed E-state index contributed by atoms with van der Waals surface area (Å²) in [5, 5.41) is 5.85. The Morgan fingerprint density at radius 3 is 2.74 bits per heavy atom. The second-order valence-electron chi connectivity index (χ2n) is 7.09. The lowest BCUT2D eigenvalue weighted by Gasteiger charge is -2.29. The molecule has 4 rings (SSSR count). The molecule has 5 heteroatoms. The van der Waals surface area contributed by atoms with Crippen molar-refractivity contribution < 1.29 is 9.53 Å². The number of thiocarbonyl (C=S) groups is 1. The van der Waals surface area contributed by atoms with Gasteiger partial charge in [-0.05, 0) is 54.9 Å². The van der Waals surface area contributed by atoms with Gasteiger partial charge in [0.2, 0.25) is 0 Å². The van der Waals surface area contributed by atoms with E-state index in [-0.39, 0.29) is 11.9 Å². The fraction of sp³-hybridized carbons (Fsp3) is 0.364. The van der Waals surface area contributed by atoms with Gasteiger partial charge in [0.05, 0.1) is 6.61 Å². The number of benzene rings is 2. The Balaban J connectivity index is 1.74. The second-order valence-corrected chi connectivity index (χ2v) is 7.47. The minimum atomic E-state index is -0.0257. The van der Waals surface area contributed by atoms with Crippen LogP contribution in [0.4, 0.5) is 0 Å². The maximum Gasteiger partial charge on any atom is 0.276 e. The number of hydrogen-bond acceptors (Lipinski definition) is 3. The summed E-state index contributed by atoms with van der Waals surface area (Å²) in [4.78, 5) is 14.9. The van der Waals surface area contributed by atoms with E-state index in [0.717, 1.165) is 47.8 Å². The summed E-state index contributed by atoms with van der Waals surface area (Å²) in [5.41, 5.74) is 1.45. The average molecular weight is 381 g/mol. The van der Waals surface area contributed by atoms with E-state index >= 15 is 0 Å². The van der Waals surface area contributed by atoms with Crippen molar-refractivity contribution >= 4 is 40.1 Å². The molecule has 0 bridgehead atoms. The van der Waals surface area contributed by atoms with E-state index < -0.39 is 0 Å². The smallest absolute Gasteiger partial charge is 0.276 e. The van der Waals surface area contributed by atoms with Crippen LogP contribution in [-0.2, 0) is 4.79 Å². The fourth-order valence-corrected chi connectivity index (χ4v) is 4.41. The molecule has 4 nitrogen and oxygen atoms in total. The van der Waals surface area contributed by atoms with E-state index in [1.54, 1.807) is 4.90 Å². The number of carbonyl (C=O) groups excluding carboxylic acids is 1. The van der Waals surface area contributed by atoms with E-state index in [1.807, 2.05) is 37.3 Å². The molecule has 2 fully saturated rings. The minimum absolute atomic E-state index is 0.0257. The van der Waals surface area contributed by atoms with Crippen LogP contribution in [0.5, 0.6) is 5.75 Å². The Bertz CT molecular complexity index is 916. The average Bonchev–Trinajstić information content (AvgIpc) is 2.97. The Hall–Kier alpha value is -2.40. The van der Waals surface area contributed by atoms with Crippen molar-refractivity contribution in [2.24, 2.45) is 0 Å². The Kier molecular flexibility index (Phi) is 5.12. The van der Waals surface area contributed by atoms with Crippen molar-refractivity contribution in [3.05, 3.63) is 47.7 Å². The molecule has 2 aromatic rings. The Labute approximate surface area is 165 Å². The zero-order valence-electron chi connectivity index (χ0n) is 15.5. The number of rotatable bonds is 4. The third-order valence-corrected chi connectivity index (χ3v) is 5.67. The molecular formula is C22H24N2O2S. The lowest BCUT2D eigenvalue weighted by atomic mass is 9.94. The van der Waals surface area contributed by atoms with Crippen molar-refractivity contribution in [2.45, 2.75) is 45.1 Å². The lowest BCUT2D eigenvalue weighted by molar-refractivity contribution is -0.124. The van der Waals surface area contributed by atoms with Crippen LogP contribution >= 0.6 is 12.2 Å². The van der Waals surface area contributed by atoms with Crippen molar-refractivity contribution in [1.29, 1.82) is 0 Å². The predicted octanol–water partition coefficient (Wildman–Crippen LogP) is 4.63. The van der Waals surface area contributed by atoms with Gasteiger partial charge >= 0.3 is 0 Å². The summed E-state index contributed by atoms with van der Waals surface area (Å²) in [5.74, 6) is 0.752. The number of amides is 1. The van der Waals surface area contributed by atoms with Crippen LogP contribution in [0.1, 0.15) is 44.6 Å². The predicted molar refractivity (Wildman–Crippen MR) is 113 cm³/mol.